The molecule has 0 aromatic heterocycles. The first-order valence-corrected chi connectivity index (χ1v) is 11.9. The molecule has 4 nitrogen and oxygen atoms in total. The maximum Gasteiger partial charge on any atom is 0.192 e. The Morgan fingerprint density at radius 2 is 2.08 bits per heavy atom. The van der Waals surface area contributed by atoms with E-state index >= 15 is 0 Å². The van der Waals surface area contributed by atoms with Crippen LogP contribution in [0.4, 0.5) is 0 Å². The maximum atomic E-state index is 9.10. The summed E-state index contributed by atoms with van der Waals surface area (Å²) in [6.45, 7) is 16.3. The molecule has 1 aliphatic heterocycles. The van der Waals surface area contributed by atoms with Crippen molar-refractivity contribution in [1.82, 2.24) is 0 Å². The highest BCUT2D eigenvalue weighted by atomic mass is 28.4. The molecule has 0 aliphatic carbocycles. The van der Waals surface area contributed by atoms with Crippen LogP contribution in [-0.4, -0.2) is 51.6 Å². The Labute approximate surface area is 149 Å². The molecule has 0 saturated carbocycles. The first kappa shape index (κ1) is 21.6. The van der Waals surface area contributed by atoms with Crippen LogP contribution in [0.3, 0.4) is 0 Å². The summed E-state index contributed by atoms with van der Waals surface area (Å²) in [5.41, 5.74) is 0. The summed E-state index contributed by atoms with van der Waals surface area (Å²) < 4.78 is 18.4. The van der Waals surface area contributed by atoms with Crippen LogP contribution in [0.2, 0.25) is 18.1 Å². The fourth-order valence-corrected chi connectivity index (χ4v) is 3.45. The first-order valence-electron chi connectivity index (χ1n) is 9.00. The summed E-state index contributed by atoms with van der Waals surface area (Å²) in [7, 11) is -1.83. The molecular formula is C19H36O4Si. The summed E-state index contributed by atoms with van der Waals surface area (Å²) in [6, 6.07) is 0. The average molecular weight is 357 g/mol. The lowest BCUT2D eigenvalue weighted by Crippen LogP contribution is -2.44. The van der Waals surface area contributed by atoms with Gasteiger partial charge in [-0.1, -0.05) is 39.0 Å². The summed E-state index contributed by atoms with van der Waals surface area (Å²) in [5.74, 6) is 0. The highest BCUT2D eigenvalue weighted by Gasteiger charge is 2.38. The van der Waals surface area contributed by atoms with Crippen molar-refractivity contribution in [1.29, 1.82) is 0 Å². The third kappa shape index (κ3) is 6.80. The topological polar surface area (TPSA) is 47.9 Å². The molecule has 0 bridgehead atoms. The van der Waals surface area contributed by atoms with Crippen molar-refractivity contribution in [2.24, 2.45) is 0 Å². The molecule has 5 heteroatoms. The average Bonchev–Trinajstić information content (AvgIpc) is 2.51. The second-order valence-corrected chi connectivity index (χ2v) is 12.8. The number of hydrogen-bond donors (Lipinski definition) is 1. The van der Waals surface area contributed by atoms with Crippen molar-refractivity contribution >= 4 is 8.32 Å². The fraction of sp³-hybridized carbons (Fsp3) is 0.789. The second kappa shape index (κ2) is 9.87. The van der Waals surface area contributed by atoms with Crippen LogP contribution < -0.4 is 0 Å². The van der Waals surface area contributed by atoms with Gasteiger partial charge in [-0.05, 0) is 37.4 Å². The van der Waals surface area contributed by atoms with Crippen LogP contribution in [0, 0.1) is 0 Å². The van der Waals surface area contributed by atoms with Crippen molar-refractivity contribution in [3.63, 3.8) is 0 Å². The molecule has 1 fully saturated rings. The van der Waals surface area contributed by atoms with E-state index in [2.05, 4.69) is 40.4 Å². The molecule has 3 atom stereocenters. The van der Waals surface area contributed by atoms with Crippen LogP contribution in [-0.2, 0) is 13.9 Å². The third-order valence-electron chi connectivity index (χ3n) is 5.00. The normalized spacial score (nSPS) is 24.2. The molecule has 1 heterocycles. The van der Waals surface area contributed by atoms with Gasteiger partial charge in [-0.3, -0.25) is 0 Å². The van der Waals surface area contributed by atoms with E-state index < -0.39 is 8.32 Å². The van der Waals surface area contributed by atoms with Crippen LogP contribution in [0.25, 0.3) is 0 Å². The van der Waals surface area contributed by atoms with Gasteiger partial charge in [-0.25, -0.2) is 0 Å². The van der Waals surface area contributed by atoms with Gasteiger partial charge in [0.25, 0.3) is 0 Å². The minimum Gasteiger partial charge on any atom is -0.414 e. The van der Waals surface area contributed by atoms with Crippen molar-refractivity contribution in [2.75, 3.05) is 19.8 Å². The van der Waals surface area contributed by atoms with E-state index in [1.807, 2.05) is 12.2 Å². The molecule has 1 aliphatic rings. The zero-order valence-electron chi connectivity index (χ0n) is 16.1. The summed E-state index contributed by atoms with van der Waals surface area (Å²) >= 11 is 0. The van der Waals surface area contributed by atoms with E-state index in [0.29, 0.717) is 6.61 Å². The van der Waals surface area contributed by atoms with Gasteiger partial charge in [-0.15, -0.1) is 6.58 Å². The molecule has 1 saturated heterocycles. The number of ether oxygens (including phenoxy) is 2. The quantitative estimate of drug-likeness (QED) is 0.500. The number of aliphatic hydroxyl groups is 1. The van der Waals surface area contributed by atoms with E-state index in [0.717, 1.165) is 25.9 Å². The molecule has 1 rings (SSSR count). The minimum absolute atomic E-state index is 0.0111. The molecule has 0 aromatic rings. The Balaban J connectivity index is 2.70. The predicted molar refractivity (Wildman–Crippen MR) is 102 cm³/mol. The second-order valence-electron chi connectivity index (χ2n) is 7.97. The largest absolute Gasteiger partial charge is 0.414 e. The highest BCUT2D eigenvalue weighted by molar-refractivity contribution is 6.74. The van der Waals surface area contributed by atoms with Gasteiger partial charge in [-0.2, -0.15) is 0 Å². The standard InChI is InChI=1S/C19H36O4Si/c1-7-10-17-18(12-9-14-21-17)23-16(11-8-13-20)15-22-24(5,6)19(2,3)4/h7-8,11,16-18,20H,1,9-10,12-15H2,2-6H3/b11-8+/t16-,17+,18-/m0/s1. The van der Waals surface area contributed by atoms with Gasteiger partial charge in [0.05, 0.1) is 31.5 Å². The molecule has 0 unspecified atom stereocenters. The number of rotatable bonds is 9. The Morgan fingerprint density at radius 1 is 1.38 bits per heavy atom. The zero-order chi connectivity index (χ0) is 18.2. The van der Waals surface area contributed by atoms with Crippen LogP contribution in [0.5, 0.6) is 0 Å². The molecule has 0 radical (unpaired) electrons. The molecule has 0 aromatic carbocycles. The Bertz CT molecular complexity index is 401. The Hall–Kier alpha value is -0.463. The molecule has 0 spiro atoms. The zero-order valence-corrected chi connectivity index (χ0v) is 17.1. The third-order valence-corrected chi connectivity index (χ3v) is 9.50. The fourth-order valence-electron chi connectivity index (χ4n) is 2.44. The number of hydrogen-bond acceptors (Lipinski definition) is 4. The van der Waals surface area contributed by atoms with Gasteiger partial charge in [0.1, 0.15) is 0 Å². The lowest BCUT2D eigenvalue weighted by Gasteiger charge is -2.38. The Morgan fingerprint density at radius 3 is 2.67 bits per heavy atom. The van der Waals surface area contributed by atoms with Crippen LogP contribution in [0.15, 0.2) is 24.8 Å². The first-order chi connectivity index (χ1) is 11.2. The lowest BCUT2D eigenvalue weighted by molar-refractivity contribution is -0.124. The predicted octanol–water partition coefficient (Wildman–Crippen LogP) is 4.07. The maximum absolute atomic E-state index is 9.10. The lowest BCUT2D eigenvalue weighted by atomic mass is 10.0. The van der Waals surface area contributed by atoms with Gasteiger partial charge < -0.3 is 19.0 Å². The number of aliphatic hydroxyl groups excluding tert-OH is 1. The van der Waals surface area contributed by atoms with Crippen molar-refractivity contribution in [3.05, 3.63) is 24.8 Å². The minimum atomic E-state index is -1.83. The molecule has 140 valence electrons. The monoisotopic (exact) mass is 356 g/mol. The molecular weight excluding hydrogens is 320 g/mol. The molecule has 1 N–H and O–H groups in total. The van der Waals surface area contributed by atoms with Crippen molar-refractivity contribution in [2.45, 2.75) is 76.5 Å². The highest BCUT2D eigenvalue weighted by Crippen LogP contribution is 2.36. The van der Waals surface area contributed by atoms with Gasteiger partial charge in [0.15, 0.2) is 8.32 Å². The van der Waals surface area contributed by atoms with Gasteiger partial charge >= 0.3 is 0 Å². The van der Waals surface area contributed by atoms with Gasteiger partial charge in [0.2, 0.25) is 0 Å². The van der Waals surface area contributed by atoms with E-state index in [4.69, 9.17) is 19.0 Å². The van der Waals surface area contributed by atoms with Crippen LogP contribution in [0.1, 0.15) is 40.0 Å². The van der Waals surface area contributed by atoms with E-state index in [1.165, 1.54) is 0 Å². The van der Waals surface area contributed by atoms with Crippen molar-refractivity contribution in [3.8, 4) is 0 Å². The van der Waals surface area contributed by atoms with Crippen molar-refractivity contribution < 1.29 is 19.0 Å². The summed E-state index contributed by atoms with van der Waals surface area (Å²) in [5, 5.41) is 9.27. The molecule has 0 amide bonds. The summed E-state index contributed by atoms with van der Waals surface area (Å²) in [6.07, 6.45) is 8.27. The van der Waals surface area contributed by atoms with E-state index in [-0.39, 0.29) is 30.0 Å². The van der Waals surface area contributed by atoms with Crippen LogP contribution >= 0.6 is 0 Å². The van der Waals surface area contributed by atoms with Gasteiger partial charge in [0, 0.05) is 6.61 Å². The van der Waals surface area contributed by atoms with E-state index in [9.17, 15) is 0 Å². The summed E-state index contributed by atoms with van der Waals surface area (Å²) in [4.78, 5) is 0. The Kier molecular flexibility index (Phi) is 8.88. The van der Waals surface area contributed by atoms with E-state index in [1.54, 1.807) is 6.08 Å². The SMILES string of the molecule is C=CC[C@H]1OCCC[C@@H]1O[C@@H](/C=C/CO)CO[Si](C)(C)C(C)(C)C. The molecule has 24 heavy (non-hydrogen) atoms. The smallest absolute Gasteiger partial charge is 0.192 e.